The van der Waals surface area contributed by atoms with Gasteiger partial charge in [0.2, 0.25) is 0 Å². The van der Waals surface area contributed by atoms with Gasteiger partial charge in [-0.25, -0.2) is 4.39 Å². The van der Waals surface area contributed by atoms with Crippen LogP contribution in [0.15, 0.2) is 16.6 Å². The van der Waals surface area contributed by atoms with Gasteiger partial charge < -0.3 is 10.6 Å². The molecule has 96 valence electrons. The van der Waals surface area contributed by atoms with Crippen LogP contribution < -0.4 is 10.6 Å². The Morgan fingerprint density at radius 2 is 1.94 bits per heavy atom. The van der Waals surface area contributed by atoms with E-state index in [4.69, 9.17) is 5.73 Å². The average Bonchev–Trinajstić information content (AvgIpc) is 2.21. The van der Waals surface area contributed by atoms with Gasteiger partial charge in [-0.2, -0.15) is 0 Å². The normalized spacial score (nSPS) is 12.9. The molecule has 1 aromatic rings. The van der Waals surface area contributed by atoms with Crippen molar-refractivity contribution in [3.63, 3.8) is 0 Å². The summed E-state index contributed by atoms with van der Waals surface area (Å²) >= 11 is 3.13. The maximum absolute atomic E-state index is 13.5. The van der Waals surface area contributed by atoms with Crippen LogP contribution >= 0.6 is 15.9 Å². The zero-order valence-corrected chi connectivity index (χ0v) is 12.4. The maximum Gasteiger partial charge on any atom is 0.139 e. The first-order valence-electron chi connectivity index (χ1n) is 5.80. The first-order chi connectivity index (χ1) is 7.82. The molecule has 4 heteroatoms. The number of nitrogens with zero attached hydrogens (tertiary/aromatic N) is 1. The molecule has 0 amide bonds. The molecule has 0 saturated heterocycles. The van der Waals surface area contributed by atoms with E-state index in [0.717, 1.165) is 12.1 Å². The van der Waals surface area contributed by atoms with Crippen LogP contribution in [0.3, 0.4) is 0 Å². The number of hydrogen-bond donors (Lipinski definition) is 1. The molecular formula is C13H20BrFN2. The topological polar surface area (TPSA) is 29.3 Å². The van der Waals surface area contributed by atoms with Crippen molar-refractivity contribution in [2.75, 3.05) is 17.7 Å². The fraction of sp³-hybridized carbons (Fsp3) is 0.538. The van der Waals surface area contributed by atoms with Crippen LogP contribution in [0.5, 0.6) is 0 Å². The van der Waals surface area contributed by atoms with E-state index in [-0.39, 0.29) is 5.82 Å². The van der Waals surface area contributed by atoms with Crippen LogP contribution in [0.1, 0.15) is 27.2 Å². The molecule has 0 spiro atoms. The van der Waals surface area contributed by atoms with Crippen LogP contribution in [-0.2, 0) is 0 Å². The van der Waals surface area contributed by atoms with Crippen molar-refractivity contribution in [2.24, 2.45) is 5.92 Å². The van der Waals surface area contributed by atoms with Gasteiger partial charge in [0, 0.05) is 19.2 Å². The molecule has 0 heterocycles. The van der Waals surface area contributed by atoms with E-state index in [1.165, 1.54) is 6.07 Å². The van der Waals surface area contributed by atoms with Gasteiger partial charge in [0.15, 0.2) is 0 Å². The molecule has 0 radical (unpaired) electrons. The second-order valence-corrected chi connectivity index (χ2v) is 5.77. The summed E-state index contributed by atoms with van der Waals surface area (Å²) in [7, 11) is 1.95. The van der Waals surface area contributed by atoms with Gasteiger partial charge in [-0.05, 0) is 41.3 Å². The summed E-state index contributed by atoms with van der Waals surface area (Å²) in [6.45, 7) is 6.48. The van der Waals surface area contributed by atoms with Crippen molar-refractivity contribution in [1.82, 2.24) is 0 Å². The predicted molar refractivity (Wildman–Crippen MR) is 75.8 cm³/mol. The molecule has 2 N–H and O–H groups in total. The Balaban J connectivity index is 2.95. The molecule has 1 aromatic carbocycles. The number of benzene rings is 1. The van der Waals surface area contributed by atoms with Crippen molar-refractivity contribution < 1.29 is 4.39 Å². The van der Waals surface area contributed by atoms with Crippen molar-refractivity contribution in [1.29, 1.82) is 0 Å². The molecule has 17 heavy (non-hydrogen) atoms. The fourth-order valence-corrected chi connectivity index (χ4v) is 2.30. The molecule has 0 fully saturated rings. The van der Waals surface area contributed by atoms with E-state index in [1.54, 1.807) is 6.07 Å². The molecule has 0 aliphatic rings. The zero-order chi connectivity index (χ0) is 13.2. The lowest BCUT2D eigenvalue weighted by Gasteiger charge is -2.29. The SMILES string of the molecule is CC(C)CC(C)N(C)c1cc(F)c(Br)cc1N. The molecule has 0 bridgehead atoms. The molecule has 1 unspecified atom stereocenters. The van der Waals surface area contributed by atoms with E-state index >= 15 is 0 Å². The lowest BCUT2D eigenvalue weighted by atomic mass is 10.0. The molecule has 0 aliphatic carbocycles. The monoisotopic (exact) mass is 302 g/mol. The molecule has 0 aliphatic heterocycles. The van der Waals surface area contributed by atoms with Crippen molar-refractivity contribution in [2.45, 2.75) is 33.2 Å². The molecule has 1 rings (SSSR count). The molecular weight excluding hydrogens is 283 g/mol. The minimum absolute atomic E-state index is 0.280. The first kappa shape index (κ1) is 14.3. The van der Waals surface area contributed by atoms with E-state index in [0.29, 0.717) is 22.1 Å². The summed E-state index contributed by atoms with van der Waals surface area (Å²) in [6, 6.07) is 3.43. The highest BCUT2D eigenvalue weighted by molar-refractivity contribution is 9.10. The Morgan fingerprint density at radius 3 is 2.47 bits per heavy atom. The van der Waals surface area contributed by atoms with Gasteiger partial charge in [0.05, 0.1) is 15.8 Å². The number of hydrogen-bond acceptors (Lipinski definition) is 2. The summed E-state index contributed by atoms with van der Waals surface area (Å²) in [5.41, 5.74) is 7.26. The third kappa shape index (κ3) is 3.60. The number of anilines is 2. The zero-order valence-electron chi connectivity index (χ0n) is 10.8. The quantitative estimate of drug-likeness (QED) is 0.851. The summed E-state index contributed by atoms with van der Waals surface area (Å²) < 4.78 is 13.9. The highest BCUT2D eigenvalue weighted by atomic mass is 79.9. The smallest absolute Gasteiger partial charge is 0.139 e. The van der Waals surface area contributed by atoms with Crippen LogP contribution in [-0.4, -0.2) is 13.1 Å². The van der Waals surface area contributed by atoms with Crippen LogP contribution in [0.2, 0.25) is 0 Å². The second-order valence-electron chi connectivity index (χ2n) is 4.91. The lowest BCUT2D eigenvalue weighted by molar-refractivity contribution is 0.503. The summed E-state index contributed by atoms with van der Waals surface area (Å²) in [6.07, 6.45) is 1.05. The maximum atomic E-state index is 13.5. The van der Waals surface area contributed by atoms with Gasteiger partial charge in [-0.1, -0.05) is 13.8 Å². The molecule has 0 aromatic heterocycles. The van der Waals surface area contributed by atoms with Crippen molar-refractivity contribution >= 4 is 27.3 Å². The Bertz CT molecular complexity index is 393. The van der Waals surface area contributed by atoms with Crippen LogP contribution in [0, 0.1) is 11.7 Å². The van der Waals surface area contributed by atoms with Crippen LogP contribution in [0.25, 0.3) is 0 Å². The first-order valence-corrected chi connectivity index (χ1v) is 6.59. The third-order valence-electron chi connectivity index (χ3n) is 2.92. The van der Waals surface area contributed by atoms with Gasteiger partial charge in [-0.15, -0.1) is 0 Å². The molecule has 2 nitrogen and oxygen atoms in total. The number of nitrogen functional groups attached to an aromatic ring is 1. The average molecular weight is 303 g/mol. The van der Waals surface area contributed by atoms with Gasteiger partial charge in [0.1, 0.15) is 5.82 Å². The Labute approximate surface area is 111 Å². The highest BCUT2D eigenvalue weighted by Crippen LogP contribution is 2.30. The van der Waals surface area contributed by atoms with Gasteiger partial charge >= 0.3 is 0 Å². The standard InChI is InChI=1S/C13H20BrFN2/c1-8(2)5-9(3)17(4)13-7-11(15)10(14)6-12(13)16/h6-9H,5,16H2,1-4H3. The number of halogens is 2. The largest absolute Gasteiger partial charge is 0.397 e. The summed E-state index contributed by atoms with van der Waals surface area (Å²) in [4.78, 5) is 2.03. The third-order valence-corrected chi connectivity index (χ3v) is 3.53. The summed E-state index contributed by atoms with van der Waals surface area (Å²) in [5, 5.41) is 0. The van der Waals surface area contributed by atoms with Crippen molar-refractivity contribution in [3.05, 3.63) is 22.4 Å². The second kappa shape index (κ2) is 5.71. The van der Waals surface area contributed by atoms with Crippen molar-refractivity contribution in [3.8, 4) is 0 Å². The van der Waals surface area contributed by atoms with E-state index in [2.05, 4.69) is 36.7 Å². The highest BCUT2D eigenvalue weighted by Gasteiger charge is 2.15. The predicted octanol–water partition coefficient (Wildman–Crippen LogP) is 4.04. The van der Waals surface area contributed by atoms with E-state index in [9.17, 15) is 4.39 Å². The summed E-state index contributed by atoms with van der Waals surface area (Å²) in [5.74, 6) is 0.326. The van der Waals surface area contributed by atoms with Crippen LogP contribution in [0.4, 0.5) is 15.8 Å². The number of nitrogens with two attached hydrogens (primary N) is 1. The van der Waals surface area contributed by atoms with E-state index < -0.39 is 0 Å². The number of rotatable bonds is 4. The fourth-order valence-electron chi connectivity index (χ4n) is 1.93. The Morgan fingerprint density at radius 1 is 1.35 bits per heavy atom. The molecule has 0 saturated carbocycles. The van der Waals surface area contributed by atoms with Gasteiger partial charge in [0.25, 0.3) is 0 Å². The lowest BCUT2D eigenvalue weighted by Crippen LogP contribution is -2.30. The minimum atomic E-state index is -0.280. The Kier molecular flexibility index (Phi) is 4.80. The minimum Gasteiger partial charge on any atom is -0.397 e. The van der Waals surface area contributed by atoms with Gasteiger partial charge in [-0.3, -0.25) is 0 Å². The molecule has 1 atom stereocenters. The van der Waals surface area contributed by atoms with E-state index in [1.807, 2.05) is 11.9 Å². The Hall–Kier alpha value is -0.770.